The first kappa shape index (κ1) is 14.3. The molecule has 0 heterocycles. The van der Waals surface area contributed by atoms with Crippen LogP contribution in [-0.4, -0.2) is 7.11 Å². The average molecular weight is 348 g/mol. The van der Waals surface area contributed by atoms with Gasteiger partial charge in [0.05, 0.1) is 12.5 Å². The number of rotatable bonds is 3. The lowest BCUT2D eigenvalue weighted by Crippen LogP contribution is -1.99. The van der Waals surface area contributed by atoms with Crippen LogP contribution in [0.5, 0.6) is 5.75 Å². The average Bonchev–Trinajstić information content (AvgIpc) is 2.41. The SMILES string of the molecule is COc1ccc(Br)cc1C(Cl)c1ccc(F)c(F)c1. The van der Waals surface area contributed by atoms with Gasteiger partial charge < -0.3 is 4.74 Å². The molecule has 100 valence electrons. The van der Waals surface area contributed by atoms with Crippen LogP contribution in [0, 0.1) is 11.6 Å². The van der Waals surface area contributed by atoms with Crippen LogP contribution in [0.15, 0.2) is 40.9 Å². The second kappa shape index (κ2) is 5.88. The first-order valence-corrected chi connectivity index (χ1v) is 6.68. The molecule has 1 nitrogen and oxygen atoms in total. The summed E-state index contributed by atoms with van der Waals surface area (Å²) in [6.45, 7) is 0. The summed E-state index contributed by atoms with van der Waals surface area (Å²) >= 11 is 9.67. The topological polar surface area (TPSA) is 9.23 Å². The second-order valence-corrected chi connectivity index (χ2v) is 5.27. The predicted molar refractivity (Wildman–Crippen MR) is 74.7 cm³/mol. The highest BCUT2D eigenvalue weighted by Gasteiger charge is 2.17. The fraction of sp³-hybridized carbons (Fsp3) is 0.143. The number of hydrogen-bond donors (Lipinski definition) is 0. The summed E-state index contributed by atoms with van der Waals surface area (Å²) in [6.07, 6.45) is 0. The van der Waals surface area contributed by atoms with Gasteiger partial charge in [-0.3, -0.25) is 0 Å². The van der Waals surface area contributed by atoms with Crippen molar-refractivity contribution in [3.05, 3.63) is 63.6 Å². The molecule has 0 fully saturated rings. The largest absolute Gasteiger partial charge is 0.496 e. The van der Waals surface area contributed by atoms with Crippen molar-refractivity contribution in [2.45, 2.75) is 5.38 Å². The van der Waals surface area contributed by atoms with Gasteiger partial charge in [-0.15, -0.1) is 11.6 Å². The number of ether oxygens (including phenoxy) is 1. The molecular weight excluding hydrogens is 338 g/mol. The molecule has 2 rings (SSSR count). The molecule has 5 heteroatoms. The summed E-state index contributed by atoms with van der Waals surface area (Å²) in [4.78, 5) is 0. The van der Waals surface area contributed by atoms with E-state index in [1.54, 1.807) is 12.1 Å². The second-order valence-electron chi connectivity index (χ2n) is 3.92. The van der Waals surface area contributed by atoms with Gasteiger partial charge in [0, 0.05) is 10.0 Å². The zero-order chi connectivity index (χ0) is 14.0. The van der Waals surface area contributed by atoms with Gasteiger partial charge in [-0.2, -0.15) is 0 Å². The lowest BCUT2D eigenvalue weighted by molar-refractivity contribution is 0.410. The van der Waals surface area contributed by atoms with Crippen molar-refractivity contribution in [3.63, 3.8) is 0 Å². The quantitative estimate of drug-likeness (QED) is 0.705. The van der Waals surface area contributed by atoms with Crippen LogP contribution >= 0.6 is 27.5 Å². The molecule has 0 spiro atoms. The maximum absolute atomic E-state index is 13.2. The van der Waals surface area contributed by atoms with Gasteiger partial charge >= 0.3 is 0 Å². The number of benzene rings is 2. The van der Waals surface area contributed by atoms with Crippen molar-refractivity contribution in [1.29, 1.82) is 0 Å². The Morgan fingerprint density at radius 2 is 1.84 bits per heavy atom. The van der Waals surface area contributed by atoms with E-state index in [9.17, 15) is 8.78 Å². The van der Waals surface area contributed by atoms with Gasteiger partial charge in [-0.25, -0.2) is 8.78 Å². The molecule has 1 unspecified atom stereocenters. The minimum atomic E-state index is -0.919. The Kier molecular flexibility index (Phi) is 4.42. The molecule has 19 heavy (non-hydrogen) atoms. The maximum Gasteiger partial charge on any atom is 0.159 e. The molecule has 2 aromatic carbocycles. The number of methoxy groups -OCH3 is 1. The molecule has 0 aliphatic rings. The van der Waals surface area contributed by atoms with Gasteiger partial charge in [0.2, 0.25) is 0 Å². The van der Waals surface area contributed by atoms with Crippen LogP contribution < -0.4 is 4.74 Å². The Labute approximate surface area is 123 Å². The van der Waals surface area contributed by atoms with Gasteiger partial charge in [0.1, 0.15) is 5.75 Å². The minimum Gasteiger partial charge on any atom is -0.496 e. The third kappa shape index (κ3) is 3.07. The van der Waals surface area contributed by atoms with E-state index in [0.29, 0.717) is 16.9 Å². The van der Waals surface area contributed by atoms with E-state index >= 15 is 0 Å². The fourth-order valence-electron chi connectivity index (χ4n) is 1.75. The Morgan fingerprint density at radius 1 is 1.11 bits per heavy atom. The van der Waals surface area contributed by atoms with E-state index in [4.69, 9.17) is 16.3 Å². The Morgan fingerprint density at radius 3 is 2.47 bits per heavy atom. The van der Waals surface area contributed by atoms with E-state index < -0.39 is 17.0 Å². The first-order valence-electron chi connectivity index (χ1n) is 5.45. The molecule has 0 aromatic heterocycles. The number of halogens is 4. The molecule has 0 amide bonds. The van der Waals surface area contributed by atoms with E-state index in [2.05, 4.69) is 15.9 Å². The van der Waals surface area contributed by atoms with Crippen LogP contribution in [-0.2, 0) is 0 Å². The van der Waals surface area contributed by atoms with Crippen molar-refractivity contribution < 1.29 is 13.5 Å². The Bertz CT molecular complexity index is 604. The highest BCUT2D eigenvalue weighted by atomic mass is 79.9. The molecule has 2 aromatic rings. The maximum atomic E-state index is 13.2. The van der Waals surface area contributed by atoms with Crippen molar-refractivity contribution >= 4 is 27.5 Å². The van der Waals surface area contributed by atoms with Gasteiger partial charge in [0.15, 0.2) is 11.6 Å². The number of hydrogen-bond acceptors (Lipinski definition) is 1. The molecule has 0 saturated heterocycles. The van der Waals surface area contributed by atoms with Crippen molar-refractivity contribution in [1.82, 2.24) is 0 Å². The molecule has 0 radical (unpaired) electrons. The molecular formula is C14H10BrClF2O. The molecule has 0 bridgehead atoms. The van der Waals surface area contributed by atoms with Crippen molar-refractivity contribution in [3.8, 4) is 5.75 Å². The third-order valence-electron chi connectivity index (χ3n) is 2.70. The third-order valence-corrected chi connectivity index (χ3v) is 3.68. The van der Waals surface area contributed by atoms with E-state index in [0.717, 1.165) is 16.6 Å². The molecule has 0 aliphatic carbocycles. The van der Waals surface area contributed by atoms with Crippen LogP contribution in [0.4, 0.5) is 8.78 Å². The zero-order valence-electron chi connectivity index (χ0n) is 9.96. The van der Waals surface area contributed by atoms with E-state index in [1.807, 2.05) is 6.07 Å². The Hall–Kier alpha value is -1.13. The smallest absolute Gasteiger partial charge is 0.159 e. The predicted octanol–water partition coefficient (Wildman–Crippen LogP) is 5.06. The van der Waals surface area contributed by atoms with Crippen LogP contribution in [0.3, 0.4) is 0 Å². The number of alkyl halides is 1. The van der Waals surface area contributed by atoms with Crippen molar-refractivity contribution in [2.75, 3.05) is 7.11 Å². The normalized spacial score (nSPS) is 12.3. The standard InChI is InChI=1S/C14H10BrClF2O/c1-19-13-5-3-9(15)7-10(13)14(16)8-2-4-11(17)12(18)6-8/h2-7,14H,1H3. The summed E-state index contributed by atoms with van der Waals surface area (Å²) in [5.41, 5.74) is 1.15. The van der Waals surface area contributed by atoms with Gasteiger partial charge in [-0.05, 0) is 35.9 Å². The summed E-state index contributed by atoms with van der Waals surface area (Å²) in [5.74, 6) is -1.22. The van der Waals surface area contributed by atoms with Crippen LogP contribution in [0.1, 0.15) is 16.5 Å². The lowest BCUT2D eigenvalue weighted by atomic mass is 10.0. The summed E-state index contributed by atoms with van der Waals surface area (Å²) in [6, 6.07) is 8.97. The van der Waals surface area contributed by atoms with E-state index in [-0.39, 0.29) is 0 Å². The lowest BCUT2D eigenvalue weighted by Gasteiger charge is -2.15. The first-order chi connectivity index (χ1) is 9.02. The fourth-order valence-corrected chi connectivity index (χ4v) is 2.44. The molecule has 0 saturated carbocycles. The highest BCUT2D eigenvalue weighted by Crippen LogP contribution is 2.37. The Balaban J connectivity index is 2.45. The summed E-state index contributed by atoms with van der Waals surface area (Å²) in [5, 5.41) is -0.623. The minimum absolute atomic E-state index is 0.469. The molecule has 0 N–H and O–H groups in total. The summed E-state index contributed by atoms with van der Waals surface area (Å²) in [7, 11) is 1.53. The zero-order valence-corrected chi connectivity index (χ0v) is 12.3. The monoisotopic (exact) mass is 346 g/mol. The van der Waals surface area contributed by atoms with Crippen LogP contribution in [0.25, 0.3) is 0 Å². The molecule has 0 aliphatic heterocycles. The van der Waals surface area contributed by atoms with Crippen molar-refractivity contribution in [2.24, 2.45) is 0 Å². The highest BCUT2D eigenvalue weighted by molar-refractivity contribution is 9.10. The summed E-state index contributed by atoms with van der Waals surface area (Å²) < 4.78 is 32.2. The van der Waals surface area contributed by atoms with Gasteiger partial charge in [-0.1, -0.05) is 22.0 Å². The molecule has 1 atom stereocenters. The van der Waals surface area contributed by atoms with Crippen LogP contribution in [0.2, 0.25) is 0 Å². The van der Waals surface area contributed by atoms with E-state index in [1.165, 1.54) is 13.2 Å². The van der Waals surface area contributed by atoms with Gasteiger partial charge in [0.25, 0.3) is 0 Å².